The van der Waals surface area contributed by atoms with Gasteiger partial charge in [-0.05, 0) is 115 Å². The number of benzene rings is 3. The fourth-order valence-electron chi connectivity index (χ4n) is 5.09. The highest BCUT2D eigenvalue weighted by Gasteiger charge is 2.19. The molecule has 12 heteroatoms. The van der Waals surface area contributed by atoms with Crippen molar-refractivity contribution in [3.63, 3.8) is 0 Å². The van der Waals surface area contributed by atoms with E-state index in [1.54, 1.807) is 64.8 Å². The molecule has 12 nitrogen and oxygen atoms in total. The molecule has 0 aromatic heterocycles. The molecule has 0 heterocycles. The molecule has 3 aromatic carbocycles. The summed E-state index contributed by atoms with van der Waals surface area (Å²) in [6.07, 6.45) is -0.744. The van der Waals surface area contributed by atoms with E-state index in [4.69, 9.17) is 24.1 Å². The third kappa shape index (κ3) is 23.3. The van der Waals surface area contributed by atoms with E-state index in [9.17, 15) is 20.4 Å². The van der Waals surface area contributed by atoms with Crippen LogP contribution >= 0.6 is 0 Å². The molecule has 8 N–H and O–H groups in total. The first-order chi connectivity index (χ1) is 25.6. The Morgan fingerprint density at radius 3 is 1.14 bits per heavy atom. The Morgan fingerprint density at radius 2 is 0.810 bits per heavy atom. The van der Waals surface area contributed by atoms with Gasteiger partial charge in [0.25, 0.3) is 0 Å². The van der Waals surface area contributed by atoms with Gasteiger partial charge in [0.05, 0.1) is 38.1 Å². The maximum atomic E-state index is 10.1. The van der Waals surface area contributed by atoms with Crippen molar-refractivity contribution >= 4 is 0 Å². The van der Waals surface area contributed by atoms with Crippen LogP contribution in [0, 0.1) is 0 Å². The summed E-state index contributed by atoms with van der Waals surface area (Å²) in [4.78, 5) is 0. The van der Waals surface area contributed by atoms with Crippen molar-refractivity contribution < 1.29 is 44.5 Å². The zero-order valence-electron chi connectivity index (χ0n) is 35.5. The van der Waals surface area contributed by atoms with E-state index >= 15 is 0 Å². The Bertz CT molecular complexity index is 1530. The number of aliphatic hydroxyl groups is 2. The van der Waals surface area contributed by atoms with Gasteiger partial charge in [0.15, 0.2) is 0 Å². The molecule has 0 amide bonds. The molecule has 0 saturated heterocycles. The summed E-state index contributed by atoms with van der Waals surface area (Å²) in [5, 5.41) is 58.2. The monoisotopic (exact) mass is 822 g/mol. The number of hydrogen-bond donors (Lipinski definition) is 8. The van der Waals surface area contributed by atoms with Crippen molar-refractivity contribution in [1.82, 2.24) is 16.0 Å². The van der Waals surface area contributed by atoms with Gasteiger partial charge >= 0.3 is 0 Å². The molecule has 0 aliphatic rings. The predicted molar refractivity (Wildman–Crippen MR) is 240 cm³/mol. The second-order valence-electron chi connectivity index (χ2n) is 16.5. The summed E-state index contributed by atoms with van der Waals surface area (Å²) in [7, 11) is 6.53. The molecule has 3 atom stereocenters. The summed E-state index contributed by atoms with van der Waals surface area (Å²) < 4.78 is 21.0. The van der Waals surface area contributed by atoms with Gasteiger partial charge in [-0.1, -0.05) is 40.5 Å². The fraction of sp³-hybridized carbons (Fsp3) is 0.609. The highest BCUT2D eigenvalue weighted by atomic mass is 16.5. The minimum atomic E-state index is -0.597. The molecule has 58 heavy (non-hydrogen) atoms. The number of ether oxygens (including phenoxy) is 4. The molecular weight excluding hydrogens is 739 g/mol. The number of nitrogens with one attached hydrogen (secondary N) is 3. The van der Waals surface area contributed by atoms with Crippen LogP contribution in [0.2, 0.25) is 0 Å². The second-order valence-corrected chi connectivity index (χ2v) is 16.5. The number of aromatic hydroxyl groups is 3. The number of methoxy groups -OCH3 is 4. The van der Waals surface area contributed by atoms with E-state index in [0.29, 0.717) is 37.4 Å². The highest BCUT2D eigenvalue weighted by Crippen LogP contribution is 2.26. The van der Waals surface area contributed by atoms with Crippen molar-refractivity contribution in [1.29, 1.82) is 0 Å². The number of aliphatic hydroxyl groups excluding tert-OH is 2. The van der Waals surface area contributed by atoms with Crippen LogP contribution in [0.1, 0.15) is 136 Å². The van der Waals surface area contributed by atoms with Gasteiger partial charge in [0.2, 0.25) is 0 Å². The van der Waals surface area contributed by atoms with E-state index < -0.39 is 6.10 Å². The highest BCUT2D eigenvalue weighted by molar-refractivity contribution is 5.38. The number of phenolic OH excluding ortho intramolecular Hbond substituents is 2. The van der Waals surface area contributed by atoms with Gasteiger partial charge in [-0.2, -0.15) is 0 Å². The topological polar surface area (TPSA) is 174 Å². The summed E-state index contributed by atoms with van der Waals surface area (Å²) in [5.74, 6) is 0.556. The summed E-state index contributed by atoms with van der Waals surface area (Å²) in [5.41, 5.74) is 4.76. The Kier molecular flexibility index (Phi) is 28.7. The first kappa shape index (κ1) is 59.0. The zero-order valence-corrected chi connectivity index (χ0v) is 35.5. The largest absolute Gasteiger partial charge is 0.508 e. The van der Waals surface area contributed by atoms with Gasteiger partial charge < -0.3 is 60.4 Å². The molecule has 0 aliphatic carbocycles. The smallest absolute Gasteiger partial charge is 0.121 e. The normalized spacial score (nSPS) is 12.9. The lowest BCUT2D eigenvalue weighted by Gasteiger charge is -2.25. The van der Waals surface area contributed by atoms with Crippen LogP contribution in [-0.4, -0.2) is 90.2 Å². The minimum absolute atomic E-state index is 0. The van der Waals surface area contributed by atoms with E-state index in [1.807, 2.05) is 39.0 Å². The summed E-state index contributed by atoms with van der Waals surface area (Å²) >= 11 is 0. The Morgan fingerprint density at radius 1 is 0.500 bits per heavy atom. The van der Waals surface area contributed by atoms with E-state index in [1.165, 1.54) is 0 Å². The Balaban J connectivity index is -0.000000763. The van der Waals surface area contributed by atoms with Gasteiger partial charge in [0, 0.05) is 81.4 Å². The molecule has 0 fully saturated rings. The number of β-amino-alcohol motifs (C(OH)–C–C–N with tert-alkyl or cyclic N) is 1. The maximum absolute atomic E-state index is 10.1. The van der Waals surface area contributed by atoms with Crippen LogP contribution in [0.3, 0.4) is 0 Å². The quantitative estimate of drug-likeness (QED) is 0.0694. The molecule has 3 aromatic rings. The van der Waals surface area contributed by atoms with E-state index in [2.05, 4.69) is 57.5 Å². The van der Waals surface area contributed by atoms with Gasteiger partial charge in [0.1, 0.15) is 17.2 Å². The van der Waals surface area contributed by atoms with Crippen LogP contribution in [0.4, 0.5) is 0 Å². The number of hydrogen-bond acceptors (Lipinski definition) is 12. The van der Waals surface area contributed by atoms with Gasteiger partial charge in [-0.25, -0.2) is 0 Å². The van der Waals surface area contributed by atoms with Crippen LogP contribution in [0.15, 0.2) is 54.6 Å². The maximum Gasteiger partial charge on any atom is 0.121 e. The molecule has 0 radical (unpaired) electrons. The van der Waals surface area contributed by atoms with Crippen molar-refractivity contribution in [3.8, 4) is 17.2 Å². The first-order valence-corrected chi connectivity index (χ1v) is 18.6. The first-order valence-electron chi connectivity index (χ1n) is 18.6. The van der Waals surface area contributed by atoms with Crippen LogP contribution in [0.5, 0.6) is 17.2 Å². The Labute approximate surface area is 352 Å². The third-order valence-corrected chi connectivity index (χ3v) is 8.24. The zero-order chi connectivity index (χ0) is 42.0. The van der Waals surface area contributed by atoms with Crippen LogP contribution in [0.25, 0.3) is 0 Å². The summed E-state index contributed by atoms with van der Waals surface area (Å²) in [6, 6.07) is 15.8. The fourth-order valence-corrected chi connectivity index (χ4v) is 5.09. The van der Waals surface area contributed by atoms with E-state index in [0.717, 1.165) is 28.8 Å². The lowest BCUT2D eigenvalue weighted by molar-refractivity contribution is 0.0956. The van der Waals surface area contributed by atoms with Crippen molar-refractivity contribution in [3.05, 3.63) is 88.0 Å². The molecule has 0 bridgehead atoms. The average Bonchev–Trinajstić information content (AvgIpc) is 3.10. The van der Waals surface area contributed by atoms with E-state index in [-0.39, 0.29) is 75.0 Å². The molecule has 0 spiro atoms. The molecular formula is C46H83N3O9. The van der Waals surface area contributed by atoms with Crippen LogP contribution < -0.4 is 16.0 Å². The van der Waals surface area contributed by atoms with Crippen molar-refractivity contribution in [2.45, 2.75) is 139 Å². The molecule has 3 rings (SSSR count). The SMILES string of the molecule is C.C.C.COC(CNC(C)(C)C)c1ccc(O)c(CO)c1.COCc1cc(C(CNC(C)(C)C)OC)ccc1O.COCc1cc(C(O)CNC(C)(C)C)ccc1O. The van der Waals surface area contributed by atoms with Crippen molar-refractivity contribution in [2.24, 2.45) is 0 Å². The van der Waals surface area contributed by atoms with Crippen molar-refractivity contribution in [2.75, 3.05) is 48.1 Å². The molecule has 0 saturated carbocycles. The van der Waals surface area contributed by atoms with Crippen LogP contribution in [-0.2, 0) is 38.8 Å². The number of rotatable bonds is 16. The lowest BCUT2D eigenvalue weighted by atomic mass is 10.0. The minimum Gasteiger partial charge on any atom is -0.508 e. The average molecular weight is 822 g/mol. The molecule has 0 aliphatic heterocycles. The third-order valence-electron chi connectivity index (χ3n) is 8.24. The summed E-state index contributed by atoms with van der Waals surface area (Å²) in [6.45, 7) is 21.2. The Hall–Kier alpha value is -3.30. The molecule has 3 unspecified atom stereocenters. The lowest BCUT2D eigenvalue weighted by Crippen LogP contribution is -2.38. The predicted octanol–water partition coefficient (Wildman–Crippen LogP) is 8.44. The second kappa shape index (κ2) is 28.2. The number of phenols is 3. The van der Waals surface area contributed by atoms with Gasteiger partial charge in [-0.15, -0.1) is 0 Å². The van der Waals surface area contributed by atoms with Gasteiger partial charge in [-0.3, -0.25) is 0 Å². The molecule has 336 valence electrons. The standard InChI is InChI=1S/C15H25NO3.2C14H23NO3.3CH4/c1-15(2,3)16-9-14(19-5)11-6-7-13(17)12(8-11)10-18-4;1-14(2,3)15-8-13(17)10-5-6-12(16)11(7-10)9-18-4;1-14(2,3)15-8-13(18-4)10-5-6-12(17)11(7-10)9-16;;;/h6-8,14,16-17H,9-10H2,1-5H3;2*5-7,13,15-17H,8-9H2,1-4H3;3*1H4.